The van der Waals surface area contributed by atoms with Crippen molar-refractivity contribution in [1.29, 1.82) is 0 Å². The highest BCUT2D eigenvalue weighted by Crippen LogP contribution is 2.34. The second-order valence-corrected chi connectivity index (χ2v) is 6.94. The highest BCUT2D eigenvalue weighted by atomic mass is 32.1. The Morgan fingerprint density at radius 3 is 2.82 bits per heavy atom. The van der Waals surface area contributed by atoms with E-state index in [2.05, 4.69) is 10.3 Å². The van der Waals surface area contributed by atoms with Crippen LogP contribution in [0.5, 0.6) is 11.5 Å². The molecule has 3 aromatic rings. The lowest BCUT2D eigenvalue weighted by Gasteiger charge is -2.12. The Morgan fingerprint density at radius 1 is 1.21 bits per heavy atom. The van der Waals surface area contributed by atoms with Crippen LogP contribution in [0.15, 0.2) is 47.8 Å². The molecule has 0 unspecified atom stereocenters. The van der Waals surface area contributed by atoms with E-state index in [0.717, 1.165) is 22.6 Å². The van der Waals surface area contributed by atoms with Crippen LogP contribution in [0, 0.1) is 5.82 Å². The predicted molar refractivity (Wildman–Crippen MR) is 107 cm³/mol. The maximum atomic E-state index is 13.3. The number of ether oxygens (including phenoxy) is 2. The van der Waals surface area contributed by atoms with E-state index in [9.17, 15) is 9.18 Å². The van der Waals surface area contributed by atoms with Crippen LogP contribution in [-0.4, -0.2) is 24.5 Å². The fourth-order valence-electron chi connectivity index (χ4n) is 2.55. The van der Waals surface area contributed by atoms with E-state index in [-0.39, 0.29) is 18.3 Å². The third kappa shape index (κ3) is 4.86. The summed E-state index contributed by atoms with van der Waals surface area (Å²) in [5.41, 5.74) is 1.96. The van der Waals surface area contributed by atoms with E-state index in [1.807, 2.05) is 19.1 Å². The van der Waals surface area contributed by atoms with Gasteiger partial charge in [0.1, 0.15) is 23.1 Å². The van der Waals surface area contributed by atoms with Gasteiger partial charge in [0.15, 0.2) is 11.5 Å². The molecule has 1 amide bonds. The molecule has 2 aromatic carbocycles. The second-order valence-electron chi connectivity index (χ2n) is 6.08. The quantitative estimate of drug-likeness (QED) is 0.597. The number of methoxy groups -OCH3 is 1. The summed E-state index contributed by atoms with van der Waals surface area (Å²) in [6.07, 6.45) is 0.872. The largest absolute Gasteiger partial charge is 0.493 e. The zero-order valence-corrected chi connectivity index (χ0v) is 16.5. The van der Waals surface area contributed by atoms with Gasteiger partial charge in [-0.3, -0.25) is 4.79 Å². The normalized spacial score (nSPS) is 10.5. The van der Waals surface area contributed by atoms with E-state index >= 15 is 0 Å². The minimum Gasteiger partial charge on any atom is -0.493 e. The number of nitrogens with one attached hydrogen (secondary N) is 1. The smallest absolute Gasteiger partial charge is 0.270 e. The molecule has 0 radical (unpaired) electrons. The maximum absolute atomic E-state index is 13.3. The summed E-state index contributed by atoms with van der Waals surface area (Å²) in [7, 11) is 1.56. The molecule has 146 valence electrons. The monoisotopic (exact) mass is 400 g/mol. The van der Waals surface area contributed by atoms with Gasteiger partial charge in [0.05, 0.1) is 7.11 Å². The first-order valence-electron chi connectivity index (χ1n) is 8.90. The van der Waals surface area contributed by atoms with Gasteiger partial charge in [-0.2, -0.15) is 0 Å². The fourth-order valence-corrected chi connectivity index (χ4v) is 3.34. The van der Waals surface area contributed by atoms with E-state index in [1.165, 1.54) is 23.5 Å². The Kier molecular flexibility index (Phi) is 6.60. The first-order valence-corrected chi connectivity index (χ1v) is 9.78. The molecule has 0 atom stereocenters. The molecule has 1 aromatic heterocycles. The molecule has 0 spiro atoms. The first kappa shape index (κ1) is 19.8. The van der Waals surface area contributed by atoms with Gasteiger partial charge in [-0.1, -0.05) is 19.1 Å². The van der Waals surface area contributed by atoms with Crippen molar-refractivity contribution in [1.82, 2.24) is 10.3 Å². The van der Waals surface area contributed by atoms with Crippen molar-refractivity contribution in [3.63, 3.8) is 0 Å². The van der Waals surface area contributed by atoms with Gasteiger partial charge in [-0.15, -0.1) is 11.3 Å². The zero-order valence-electron chi connectivity index (χ0n) is 15.7. The topological polar surface area (TPSA) is 60.5 Å². The number of carbonyl (C=O) groups excluding carboxylic acids is 1. The molecule has 28 heavy (non-hydrogen) atoms. The van der Waals surface area contributed by atoms with E-state index in [1.54, 1.807) is 30.7 Å². The van der Waals surface area contributed by atoms with Crippen LogP contribution >= 0.6 is 11.3 Å². The van der Waals surface area contributed by atoms with Crippen molar-refractivity contribution in [2.24, 2.45) is 0 Å². The lowest BCUT2D eigenvalue weighted by Crippen LogP contribution is -2.24. The van der Waals surface area contributed by atoms with Gasteiger partial charge in [0.2, 0.25) is 0 Å². The number of rotatable bonds is 8. The van der Waals surface area contributed by atoms with Gasteiger partial charge in [-0.05, 0) is 42.3 Å². The summed E-state index contributed by atoms with van der Waals surface area (Å²) >= 11 is 1.39. The Hall–Kier alpha value is -2.93. The van der Waals surface area contributed by atoms with E-state index in [4.69, 9.17) is 9.47 Å². The molecule has 0 aliphatic rings. The van der Waals surface area contributed by atoms with Crippen LogP contribution < -0.4 is 14.8 Å². The van der Waals surface area contributed by atoms with Gasteiger partial charge in [0, 0.05) is 17.5 Å². The highest BCUT2D eigenvalue weighted by Gasteiger charge is 2.14. The minimum atomic E-state index is -0.300. The van der Waals surface area contributed by atoms with Crippen molar-refractivity contribution in [2.75, 3.05) is 13.7 Å². The lowest BCUT2D eigenvalue weighted by molar-refractivity contribution is 0.0949. The fraction of sp³-hybridized carbons (Fsp3) is 0.238. The molecule has 0 fully saturated rings. The van der Waals surface area contributed by atoms with Crippen LogP contribution in [0.3, 0.4) is 0 Å². The van der Waals surface area contributed by atoms with Gasteiger partial charge in [-0.25, -0.2) is 9.37 Å². The summed E-state index contributed by atoms with van der Waals surface area (Å²) in [5.74, 6) is 0.617. The van der Waals surface area contributed by atoms with Crippen molar-refractivity contribution < 1.29 is 18.7 Å². The summed E-state index contributed by atoms with van der Waals surface area (Å²) < 4.78 is 24.5. The third-order valence-electron chi connectivity index (χ3n) is 3.97. The summed E-state index contributed by atoms with van der Waals surface area (Å²) in [5, 5.41) is 5.27. The SMILES string of the molecule is CCCNC(=O)c1csc(-c2ccc(OCc3cccc(F)c3)c(OC)c2)n1. The molecule has 0 saturated heterocycles. The van der Waals surface area contributed by atoms with Crippen LogP contribution in [0.2, 0.25) is 0 Å². The molecule has 0 saturated carbocycles. The standard InChI is InChI=1S/C21H21FN2O3S/c1-3-9-23-20(25)17-13-28-21(24-17)15-7-8-18(19(11-15)26-2)27-12-14-5-4-6-16(22)10-14/h4-8,10-11,13H,3,9,12H2,1-2H3,(H,23,25). The molecule has 0 aliphatic carbocycles. The number of amides is 1. The number of hydrogen-bond donors (Lipinski definition) is 1. The minimum absolute atomic E-state index is 0.175. The Morgan fingerprint density at radius 2 is 2.07 bits per heavy atom. The van der Waals surface area contributed by atoms with Crippen LogP contribution in [0.4, 0.5) is 4.39 Å². The van der Waals surface area contributed by atoms with Crippen LogP contribution in [0.1, 0.15) is 29.4 Å². The number of thiazole rings is 1. The zero-order chi connectivity index (χ0) is 19.9. The van der Waals surface area contributed by atoms with Crippen molar-refractivity contribution in [2.45, 2.75) is 20.0 Å². The van der Waals surface area contributed by atoms with Gasteiger partial charge in [0.25, 0.3) is 5.91 Å². The summed E-state index contributed by atoms with van der Waals surface area (Å²) in [6.45, 7) is 2.85. The van der Waals surface area contributed by atoms with E-state index < -0.39 is 0 Å². The molecule has 5 nitrogen and oxygen atoms in total. The summed E-state index contributed by atoms with van der Waals surface area (Å²) in [6, 6.07) is 11.7. The number of hydrogen-bond acceptors (Lipinski definition) is 5. The second kappa shape index (κ2) is 9.32. The Balaban J connectivity index is 1.74. The number of nitrogens with zero attached hydrogens (tertiary/aromatic N) is 1. The molecular weight excluding hydrogens is 379 g/mol. The van der Waals surface area contributed by atoms with E-state index in [0.29, 0.717) is 23.7 Å². The summed E-state index contributed by atoms with van der Waals surface area (Å²) in [4.78, 5) is 16.4. The number of benzene rings is 2. The first-order chi connectivity index (χ1) is 13.6. The van der Waals surface area contributed by atoms with Crippen LogP contribution in [-0.2, 0) is 6.61 Å². The molecule has 0 bridgehead atoms. The predicted octanol–water partition coefficient (Wildman–Crippen LogP) is 4.68. The molecule has 1 heterocycles. The Labute approximate surface area is 167 Å². The van der Waals surface area contributed by atoms with Crippen molar-refractivity contribution in [3.8, 4) is 22.1 Å². The van der Waals surface area contributed by atoms with Crippen molar-refractivity contribution >= 4 is 17.2 Å². The van der Waals surface area contributed by atoms with Crippen molar-refractivity contribution in [3.05, 3.63) is 64.9 Å². The molecule has 0 aliphatic heterocycles. The number of carbonyl (C=O) groups is 1. The molecule has 3 rings (SSSR count). The lowest BCUT2D eigenvalue weighted by atomic mass is 10.2. The van der Waals surface area contributed by atoms with Crippen LogP contribution in [0.25, 0.3) is 10.6 Å². The average molecular weight is 400 g/mol. The highest BCUT2D eigenvalue weighted by molar-refractivity contribution is 7.13. The molecular formula is C21H21FN2O3S. The van der Waals surface area contributed by atoms with Gasteiger partial charge >= 0.3 is 0 Å². The Bertz CT molecular complexity index is 958. The average Bonchev–Trinajstić information content (AvgIpc) is 3.21. The maximum Gasteiger partial charge on any atom is 0.270 e. The molecule has 7 heteroatoms. The van der Waals surface area contributed by atoms with Gasteiger partial charge < -0.3 is 14.8 Å². The third-order valence-corrected chi connectivity index (χ3v) is 4.86. The molecule has 1 N–H and O–H groups in total. The number of aromatic nitrogens is 1. The number of halogens is 1.